The van der Waals surface area contributed by atoms with Crippen LogP contribution in [0.15, 0.2) is 16.6 Å². The van der Waals surface area contributed by atoms with Crippen LogP contribution in [0.3, 0.4) is 0 Å². The van der Waals surface area contributed by atoms with Crippen molar-refractivity contribution in [2.24, 2.45) is 0 Å². The SMILES string of the molecule is CCCC(C)n1c(CCCl)nc2cc(F)c(Br)cc21. The molecule has 0 radical (unpaired) electrons. The first-order valence-corrected chi connectivity index (χ1v) is 7.83. The van der Waals surface area contributed by atoms with E-state index in [1.807, 2.05) is 6.07 Å². The van der Waals surface area contributed by atoms with Gasteiger partial charge >= 0.3 is 0 Å². The van der Waals surface area contributed by atoms with Crippen LogP contribution in [0, 0.1) is 5.82 Å². The molecule has 2 nitrogen and oxygen atoms in total. The maximum absolute atomic E-state index is 13.6. The third-order valence-corrected chi connectivity index (χ3v) is 4.07. The van der Waals surface area contributed by atoms with E-state index in [0.29, 0.717) is 28.3 Å². The molecule has 0 N–H and O–H groups in total. The van der Waals surface area contributed by atoms with E-state index in [1.54, 1.807) is 0 Å². The molecule has 0 saturated carbocycles. The summed E-state index contributed by atoms with van der Waals surface area (Å²) in [6.07, 6.45) is 2.86. The van der Waals surface area contributed by atoms with Crippen LogP contribution in [0.1, 0.15) is 38.6 Å². The minimum Gasteiger partial charge on any atom is -0.325 e. The number of halogens is 3. The maximum Gasteiger partial charge on any atom is 0.139 e. The van der Waals surface area contributed by atoms with Crippen molar-refractivity contribution in [1.29, 1.82) is 0 Å². The van der Waals surface area contributed by atoms with Crippen LogP contribution in [0.2, 0.25) is 0 Å². The van der Waals surface area contributed by atoms with E-state index < -0.39 is 0 Å². The molecule has 0 aliphatic rings. The van der Waals surface area contributed by atoms with Gasteiger partial charge in [-0.25, -0.2) is 9.37 Å². The highest BCUT2D eigenvalue weighted by molar-refractivity contribution is 9.10. The standard InChI is InChI=1S/C14H17BrClFN2/c1-3-4-9(2)19-13-7-10(15)11(17)8-12(13)18-14(19)5-6-16/h7-9H,3-6H2,1-2H3. The van der Waals surface area contributed by atoms with E-state index in [1.165, 1.54) is 6.07 Å². The van der Waals surface area contributed by atoms with Gasteiger partial charge in [0.05, 0.1) is 15.5 Å². The summed E-state index contributed by atoms with van der Waals surface area (Å²) >= 11 is 9.09. The minimum atomic E-state index is -0.280. The zero-order valence-corrected chi connectivity index (χ0v) is 13.4. The van der Waals surface area contributed by atoms with Crippen LogP contribution >= 0.6 is 27.5 Å². The van der Waals surface area contributed by atoms with E-state index in [4.69, 9.17) is 11.6 Å². The zero-order valence-electron chi connectivity index (χ0n) is 11.1. The Morgan fingerprint density at radius 1 is 1.47 bits per heavy atom. The van der Waals surface area contributed by atoms with Crippen LogP contribution in [0.4, 0.5) is 4.39 Å². The fraction of sp³-hybridized carbons (Fsp3) is 0.500. The van der Waals surface area contributed by atoms with E-state index in [0.717, 1.165) is 24.2 Å². The van der Waals surface area contributed by atoms with Gasteiger partial charge in [-0.3, -0.25) is 0 Å². The number of hydrogen-bond acceptors (Lipinski definition) is 1. The van der Waals surface area contributed by atoms with E-state index in [9.17, 15) is 4.39 Å². The molecule has 0 aliphatic carbocycles. The Labute approximate surface area is 126 Å². The summed E-state index contributed by atoms with van der Waals surface area (Å²) in [6.45, 7) is 4.33. The molecule has 1 heterocycles. The van der Waals surface area contributed by atoms with Crippen molar-refractivity contribution in [3.05, 3.63) is 28.2 Å². The molecular formula is C14H17BrClFN2. The predicted molar refractivity (Wildman–Crippen MR) is 81.4 cm³/mol. The Morgan fingerprint density at radius 3 is 2.84 bits per heavy atom. The third-order valence-electron chi connectivity index (χ3n) is 3.27. The summed E-state index contributed by atoms with van der Waals surface area (Å²) < 4.78 is 16.3. The summed E-state index contributed by atoms with van der Waals surface area (Å²) in [5, 5.41) is 0. The van der Waals surface area contributed by atoms with Gasteiger partial charge in [0.1, 0.15) is 11.6 Å². The van der Waals surface area contributed by atoms with Gasteiger partial charge in [0, 0.05) is 24.4 Å². The zero-order chi connectivity index (χ0) is 14.0. The van der Waals surface area contributed by atoms with Gasteiger partial charge in [-0.1, -0.05) is 13.3 Å². The lowest BCUT2D eigenvalue weighted by molar-refractivity contribution is 0.496. The van der Waals surface area contributed by atoms with Crippen molar-refractivity contribution in [1.82, 2.24) is 9.55 Å². The van der Waals surface area contributed by atoms with Gasteiger partial charge in [-0.15, -0.1) is 11.6 Å². The van der Waals surface area contributed by atoms with E-state index >= 15 is 0 Å². The average Bonchev–Trinajstić information content (AvgIpc) is 2.68. The quantitative estimate of drug-likeness (QED) is 0.690. The summed E-state index contributed by atoms with van der Waals surface area (Å²) in [7, 11) is 0. The lowest BCUT2D eigenvalue weighted by atomic mass is 10.2. The van der Waals surface area contributed by atoms with Crippen LogP contribution in [-0.2, 0) is 6.42 Å². The molecule has 2 aromatic rings. The summed E-state index contributed by atoms with van der Waals surface area (Å²) in [5.74, 6) is 1.17. The monoisotopic (exact) mass is 346 g/mol. The molecule has 104 valence electrons. The van der Waals surface area contributed by atoms with Crippen molar-refractivity contribution in [2.45, 2.75) is 39.2 Å². The topological polar surface area (TPSA) is 17.8 Å². The molecule has 1 unspecified atom stereocenters. The number of aryl methyl sites for hydroxylation is 1. The molecule has 19 heavy (non-hydrogen) atoms. The highest BCUT2D eigenvalue weighted by atomic mass is 79.9. The molecule has 0 amide bonds. The number of imidazole rings is 1. The lowest BCUT2D eigenvalue weighted by Crippen LogP contribution is -2.09. The summed E-state index contributed by atoms with van der Waals surface area (Å²) in [5.41, 5.74) is 1.66. The molecule has 1 atom stereocenters. The number of fused-ring (bicyclic) bond motifs is 1. The minimum absolute atomic E-state index is 0.280. The first kappa shape index (κ1) is 14.8. The Balaban J connectivity index is 2.61. The van der Waals surface area contributed by atoms with Crippen molar-refractivity contribution in [3.63, 3.8) is 0 Å². The van der Waals surface area contributed by atoms with Gasteiger partial charge in [-0.2, -0.15) is 0 Å². The van der Waals surface area contributed by atoms with Crippen LogP contribution in [0.25, 0.3) is 11.0 Å². The number of hydrogen-bond donors (Lipinski definition) is 0. The fourth-order valence-corrected chi connectivity index (χ4v) is 2.94. The second kappa shape index (κ2) is 6.23. The molecule has 1 aromatic heterocycles. The van der Waals surface area contributed by atoms with Gasteiger partial charge in [0.25, 0.3) is 0 Å². The highest BCUT2D eigenvalue weighted by Crippen LogP contribution is 2.28. The lowest BCUT2D eigenvalue weighted by Gasteiger charge is -2.16. The first-order valence-electron chi connectivity index (χ1n) is 6.50. The Bertz CT molecular complexity index is 582. The van der Waals surface area contributed by atoms with Crippen molar-refractivity contribution < 1.29 is 4.39 Å². The van der Waals surface area contributed by atoms with Crippen LogP contribution in [-0.4, -0.2) is 15.4 Å². The number of aromatic nitrogens is 2. The number of alkyl halides is 1. The molecular weight excluding hydrogens is 331 g/mol. The van der Waals surface area contributed by atoms with E-state index in [-0.39, 0.29) is 5.82 Å². The Morgan fingerprint density at radius 2 is 2.21 bits per heavy atom. The molecule has 0 aliphatic heterocycles. The third kappa shape index (κ3) is 2.95. The van der Waals surface area contributed by atoms with E-state index in [2.05, 4.69) is 39.3 Å². The fourth-order valence-electron chi connectivity index (χ4n) is 2.44. The normalized spacial score (nSPS) is 13.1. The summed E-state index contributed by atoms with van der Waals surface area (Å²) in [4.78, 5) is 4.53. The molecule has 1 aromatic carbocycles. The number of rotatable bonds is 5. The summed E-state index contributed by atoms with van der Waals surface area (Å²) in [6, 6.07) is 3.62. The first-order chi connectivity index (χ1) is 9.08. The van der Waals surface area contributed by atoms with Crippen molar-refractivity contribution in [2.75, 3.05) is 5.88 Å². The second-order valence-corrected chi connectivity index (χ2v) is 5.96. The van der Waals surface area contributed by atoms with Crippen LogP contribution < -0.4 is 0 Å². The Hall–Kier alpha value is -0.610. The second-order valence-electron chi connectivity index (χ2n) is 4.73. The van der Waals surface area contributed by atoms with Crippen LogP contribution in [0.5, 0.6) is 0 Å². The molecule has 2 rings (SSSR count). The van der Waals surface area contributed by atoms with Gasteiger partial charge in [-0.05, 0) is 35.3 Å². The molecule has 0 fully saturated rings. The maximum atomic E-state index is 13.6. The molecule has 0 bridgehead atoms. The largest absolute Gasteiger partial charge is 0.325 e. The number of nitrogens with zero attached hydrogens (tertiary/aromatic N) is 2. The van der Waals surface area contributed by atoms with Crippen molar-refractivity contribution >= 4 is 38.6 Å². The Kier molecular flexibility index (Phi) is 4.85. The molecule has 5 heteroatoms. The smallest absolute Gasteiger partial charge is 0.139 e. The predicted octanol–water partition coefficient (Wildman–Crippen LogP) is 5.08. The van der Waals surface area contributed by atoms with Gasteiger partial charge < -0.3 is 4.57 Å². The molecule has 0 saturated heterocycles. The van der Waals surface area contributed by atoms with Gasteiger partial charge in [0.15, 0.2) is 0 Å². The average molecular weight is 348 g/mol. The highest BCUT2D eigenvalue weighted by Gasteiger charge is 2.16. The van der Waals surface area contributed by atoms with Gasteiger partial charge in [0.2, 0.25) is 0 Å². The number of benzene rings is 1. The molecule has 0 spiro atoms. The van der Waals surface area contributed by atoms with Crippen molar-refractivity contribution in [3.8, 4) is 0 Å².